The Morgan fingerprint density at radius 1 is 0.909 bits per heavy atom. The molecular weight excluding hydrogens is 276 g/mol. The molecular formula is C18H16N2O2. The van der Waals surface area contributed by atoms with Gasteiger partial charge in [0.05, 0.1) is 10.5 Å². The average Bonchev–Trinajstić information content (AvgIpc) is 2.53. The Morgan fingerprint density at radius 3 is 2.32 bits per heavy atom. The second-order valence-electron chi connectivity index (χ2n) is 5.41. The van der Waals surface area contributed by atoms with E-state index in [9.17, 15) is 10.1 Å². The van der Waals surface area contributed by atoms with Crippen LogP contribution < -0.4 is 4.90 Å². The Bertz CT molecular complexity index is 857. The standard InChI is InChI=1S/C18H16N2O2/c1-19(2)16-10-9-13-11-15(8-7-14(13)12-16)17-5-3-4-6-18(17)20(21)22/h3-12H,1-2H3. The Kier molecular flexibility index (Phi) is 3.51. The first-order valence-corrected chi connectivity index (χ1v) is 7.01. The van der Waals surface area contributed by atoms with Crippen LogP contribution in [0.2, 0.25) is 0 Å². The smallest absolute Gasteiger partial charge is 0.277 e. The fourth-order valence-electron chi connectivity index (χ4n) is 2.56. The van der Waals surface area contributed by atoms with E-state index < -0.39 is 0 Å². The predicted molar refractivity (Wildman–Crippen MR) is 90.4 cm³/mol. The third-order valence-electron chi connectivity index (χ3n) is 3.75. The van der Waals surface area contributed by atoms with Gasteiger partial charge in [0.25, 0.3) is 5.69 Å². The first-order chi connectivity index (χ1) is 10.6. The fourth-order valence-corrected chi connectivity index (χ4v) is 2.56. The number of nitrogens with zero attached hydrogens (tertiary/aromatic N) is 2. The van der Waals surface area contributed by atoms with Crippen molar-refractivity contribution in [1.29, 1.82) is 0 Å². The summed E-state index contributed by atoms with van der Waals surface area (Å²) in [4.78, 5) is 12.9. The molecule has 3 aromatic carbocycles. The van der Waals surface area contributed by atoms with E-state index >= 15 is 0 Å². The van der Waals surface area contributed by atoms with Crippen molar-refractivity contribution in [1.82, 2.24) is 0 Å². The van der Waals surface area contributed by atoms with Crippen LogP contribution in [-0.2, 0) is 0 Å². The molecule has 0 fully saturated rings. The highest BCUT2D eigenvalue weighted by atomic mass is 16.6. The molecule has 0 spiro atoms. The molecule has 0 unspecified atom stereocenters. The van der Waals surface area contributed by atoms with Crippen LogP contribution in [0.25, 0.3) is 21.9 Å². The Balaban J connectivity index is 2.14. The lowest BCUT2D eigenvalue weighted by Gasteiger charge is -2.13. The average molecular weight is 292 g/mol. The van der Waals surface area contributed by atoms with Crippen LogP contribution in [-0.4, -0.2) is 19.0 Å². The number of nitro benzene ring substituents is 1. The third kappa shape index (κ3) is 2.51. The molecule has 0 N–H and O–H groups in total. The van der Waals surface area contributed by atoms with E-state index in [1.807, 2.05) is 50.5 Å². The summed E-state index contributed by atoms with van der Waals surface area (Å²) in [6, 6.07) is 19.0. The second kappa shape index (κ2) is 5.48. The van der Waals surface area contributed by atoms with Crippen molar-refractivity contribution in [2.75, 3.05) is 19.0 Å². The Labute approximate surface area is 128 Å². The highest BCUT2D eigenvalue weighted by molar-refractivity contribution is 5.91. The molecule has 0 amide bonds. The lowest BCUT2D eigenvalue weighted by Crippen LogP contribution is -2.07. The fraction of sp³-hybridized carbons (Fsp3) is 0.111. The summed E-state index contributed by atoms with van der Waals surface area (Å²) in [7, 11) is 4.01. The summed E-state index contributed by atoms with van der Waals surface area (Å²) in [6.45, 7) is 0. The molecule has 4 heteroatoms. The number of hydrogen-bond donors (Lipinski definition) is 0. The number of rotatable bonds is 3. The summed E-state index contributed by atoms with van der Waals surface area (Å²) in [5, 5.41) is 13.4. The number of benzene rings is 3. The summed E-state index contributed by atoms with van der Waals surface area (Å²) in [5.41, 5.74) is 2.76. The van der Waals surface area contributed by atoms with Crippen LogP contribution in [0.5, 0.6) is 0 Å². The van der Waals surface area contributed by atoms with E-state index in [1.165, 1.54) is 6.07 Å². The molecule has 0 saturated carbocycles. The largest absolute Gasteiger partial charge is 0.378 e. The normalized spacial score (nSPS) is 10.6. The minimum absolute atomic E-state index is 0.131. The van der Waals surface area contributed by atoms with Gasteiger partial charge in [-0.25, -0.2) is 0 Å². The molecule has 0 radical (unpaired) electrons. The van der Waals surface area contributed by atoms with Crippen molar-refractivity contribution in [2.45, 2.75) is 0 Å². The number of para-hydroxylation sites is 1. The second-order valence-corrected chi connectivity index (χ2v) is 5.41. The van der Waals surface area contributed by atoms with E-state index in [4.69, 9.17) is 0 Å². The molecule has 0 bridgehead atoms. The minimum Gasteiger partial charge on any atom is -0.378 e. The molecule has 22 heavy (non-hydrogen) atoms. The van der Waals surface area contributed by atoms with E-state index in [1.54, 1.807) is 12.1 Å². The Hall–Kier alpha value is -2.88. The maximum absolute atomic E-state index is 11.2. The molecule has 0 heterocycles. The van der Waals surface area contributed by atoms with Gasteiger partial charge in [-0.15, -0.1) is 0 Å². The molecule has 110 valence electrons. The van der Waals surface area contributed by atoms with Gasteiger partial charge in [-0.2, -0.15) is 0 Å². The Morgan fingerprint density at radius 2 is 1.59 bits per heavy atom. The van der Waals surface area contributed by atoms with Crippen LogP contribution in [0.4, 0.5) is 11.4 Å². The van der Waals surface area contributed by atoms with Crippen molar-refractivity contribution in [3.63, 3.8) is 0 Å². The first kappa shape index (κ1) is 14.1. The van der Waals surface area contributed by atoms with E-state index in [-0.39, 0.29) is 10.6 Å². The van der Waals surface area contributed by atoms with Gasteiger partial charge in [0.1, 0.15) is 0 Å². The SMILES string of the molecule is CN(C)c1ccc2cc(-c3ccccc3[N+](=O)[O-])ccc2c1. The monoisotopic (exact) mass is 292 g/mol. The van der Waals surface area contributed by atoms with Gasteiger partial charge >= 0.3 is 0 Å². The summed E-state index contributed by atoms with van der Waals surface area (Å²) >= 11 is 0. The van der Waals surface area contributed by atoms with Gasteiger partial charge in [-0.05, 0) is 40.6 Å². The zero-order valence-corrected chi connectivity index (χ0v) is 12.5. The maximum atomic E-state index is 11.2. The number of nitro groups is 1. The van der Waals surface area contributed by atoms with Crippen LogP contribution in [0.1, 0.15) is 0 Å². The van der Waals surface area contributed by atoms with Crippen LogP contribution >= 0.6 is 0 Å². The van der Waals surface area contributed by atoms with E-state index in [0.717, 1.165) is 22.0 Å². The van der Waals surface area contributed by atoms with Crippen molar-refractivity contribution in [3.8, 4) is 11.1 Å². The van der Waals surface area contributed by atoms with Crippen LogP contribution in [0.15, 0.2) is 60.7 Å². The van der Waals surface area contributed by atoms with Gasteiger partial charge in [-0.1, -0.05) is 30.3 Å². The lowest BCUT2D eigenvalue weighted by molar-refractivity contribution is -0.384. The quantitative estimate of drug-likeness (QED) is 0.528. The number of fused-ring (bicyclic) bond motifs is 1. The zero-order valence-electron chi connectivity index (χ0n) is 12.5. The van der Waals surface area contributed by atoms with Gasteiger partial charge in [0, 0.05) is 25.8 Å². The van der Waals surface area contributed by atoms with Crippen molar-refractivity contribution in [2.24, 2.45) is 0 Å². The van der Waals surface area contributed by atoms with Gasteiger partial charge in [-0.3, -0.25) is 10.1 Å². The van der Waals surface area contributed by atoms with Crippen LogP contribution in [0.3, 0.4) is 0 Å². The molecule has 0 aliphatic carbocycles. The zero-order chi connectivity index (χ0) is 15.7. The van der Waals surface area contributed by atoms with Gasteiger partial charge in [0.15, 0.2) is 0 Å². The number of anilines is 1. The molecule has 0 atom stereocenters. The van der Waals surface area contributed by atoms with Crippen molar-refractivity contribution >= 4 is 22.1 Å². The summed E-state index contributed by atoms with van der Waals surface area (Å²) in [6.07, 6.45) is 0. The minimum atomic E-state index is -0.339. The van der Waals surface area contributed by atoms with E-state index in [0.29, 0.717) is 5.56 Å². The van der Waals surface area contributed by atoms with Crippen molar-refractivity contribution in [3.05, 3.63) is 70.8 Å². The predicted octanol–water partition coefficient (Wildman–Crippen LogP) is 4.48. The molecule has 3 aromatic rings. The molecule has 3 rings (SSSR count). The summed E-state index contributed by atoms with van der Waals surface area (Å²) < 4.78 is 0. The topological polar surface area (TPSA) is 46.4 Å². The van der Waals surface area contributed by atoms with Crippen molar-refractivity contribution < 1.29 is 4.92 Å². The highest BCUT2D eigenvalue weighted by Crippen LogP contribution is 2.32. The molecule has 0 saturated heterocycles. The molecule has 0 aliphatic heterocycles. The highest BCUT2D eigenvalue weighted by Gasteiger charge is 2.14. The van der Waals surface area contributed by atoms with Gasteiger partial charge < -0.3 is 4.90 Å². The number of hydrogen-bond acceptors (Lipinski definition) is 3. The van der Waals surface area contributed by atoms with E-state index in [2.05, 4.69) is 11.0 Å². The van der Waals surface area contributed by atoms with Crippen LogP contribution in [0, 0.1) is 10.1 Å². The molecule has 0 aromatic heterocycles. The lowest BCUT2D eigenvalue weighted by atomic mass is 9.99. The first-order valence-electron chi connectivity index (χ1n) is 7.01. The maximum Gasteiger partial charge on any atom is 0.277 e. The molecule has 4 nitrogen and oxygen atoms in total. The van der Waals surface area contributed by atoms with Gasteiger partial charge in [0.2, 0.25) is 0 Å². The third-order valence-corrected chi connectivity index (χ3v) is 3.75. The molecule has 0 aliphatic rings. The summed E-state index contributed by atoms with van der Waals surface area (Å²) in [5.74, 6) is 0.